The van der Waals surface area contributed by atoms with Gasteiger partial charge in [0.1, 0.15) is 28.8 Å². The zero-order chi connectivity index (χ0) is 22.8. The first-order valence-electron chi connectivity index (χ1n) is 9.42. The summed E-state index contributed by atoms with van der Waals surface area (Å²) in [4.78, 5) is 16.9. The lowest BCUT2D eigenvalue weighted by Crippen LogP contribution is -2.21. The van der Waals surface area contributed by atoms with E-state index < -0.39 is 11.7 Å². The molecular weight excluding hydrogens is 455 g/mol. The summed E-state index contributed by atoms with van der Waals surface area (Å²) in [5.74, 6) is -0.363. The summed E-state index contributed by atoms with van der Waals surface area (Å²) in [5.41, 5.74) is 8.62. The zero-order valence-corrected chi connectivity index (χ0v) is 18.7. The standard InChI is InChI=1S/C21H18ClFN6O2S/c1-11-3-5-12(6-4-11)19-26-20(31-28-19)17-18(24)29(27-21(17)32-2)10-16(30)25-15-8-7-13(22)9-14(15)23/h3-9H,10,24H2,1-2H3,(H,25,30). The molecule has 0 aliphatic rings. The summed E-state index contributed by atoms with van der Waals surface area (Å²) in [6, 6.07) is 11.7. The van der Waals surface area contributed by atoms with Crippen molar-refractivity contribution >= 4 is 40.8 Å². The molecule has 4 rings (SSSR count). The Kier molecular flexibility index (Phi) is 6.15. The summed E-state index contributed by atoms with van der Waals surface area (Å²) in [5, 5.41) is 11.6. The number of benzene rings is 2. The van der Waals surface area contributed by atoms with E-state index in [-0.39, 0.29) is 29.0 Å². The summed E-state index contributed by atoms with van der Waals surface area (Å²) in [6.45, 7) is 1.75. The van der Waals surface area contributed by atoms with Crippen LogP contribution in [-0.2, 0) is 11.3 Å². The van der Waals surface area contributed by atoms with Crippen LogP contribution in [0.5, 0.6) is 0 Å². The molecule has 164 valence electrons. The smallest absolute Gasteiger partial charge is 0.264 e. The molecule has 0 aliphatic heterocycles. The van der Waals surface area contributed by atoms with Gasteiger partial charge in [0.2, 0.25) is 11.7 Å². The number of hydrogen-bond donors (Lipinski definition) is 2. The summed E-state index contributed by atoms with van der Waals surface area (Å²) < 4.78 is 20.7. The lowest BCUT2D eigenvalue weighted by molar-refractivity contribution is -0.116. The van der Waals surface area contributed by atoms with E-state index in [1.165, 1.54) is 28.6 Å². The van der Waals surface area contributed by atoms with Gasteiger partial charge in [0.25, 0.3) is 5.89 Å². The van der Waals surface area contributed by atoms with E-state index in [1.807, 2.05) is 37.4 Å². The molecule has 0 bridgehead atoms. The third kappa shape index (κ3) is 4.46. The maximum atomic E-state index is 14.0. The minimum absolute atomic E-state index is 0.00934. The number of carbonyl (C=O) groups excluding carboxylic acids is 1. The first kappa shape index (κ1) is 21.8. The van der Waals surface area contributed by atoms with Gasteiger partial charge < -0.3 is 15.6 Å². The van der Waals surface area contributed by atoms with E-state index in [4.69, 9.17) is 21.9 Å². The highest BCUT2D eigenvalue weighted by Gasteiger charge is 2.24. The second kappa shape index (κ2) is 9.01. The molecule has 0 unspecified atom stereocenters. The van der Waals surface area contributed by atoms with Crippen molar-refractivity contribution in [3.8, 4) is 22.8 Å². The van der Waals surface area contributed by atoms with E-state index in [0.29, 0.717) is 16.4 Å². The number of hydrogen-bond acceptors (Lipinski definition) is 7. The first-order valence-corrected chi connectivity index (χ1v) is 11.0. The van der Waals surface area contributed by atoms with Crippen LogP contribution in [0.25, 0.3) is 22.8 Å². The molecular formula is C21H18ClFN6O2S. The first-order chi connectivity index (χ1) is 15.4. The van der Waals surface area contributed by atoms with Crippen LogP contribution in [0.3, 0.4) is 0 Å². The lowest BCUT2D eigenvalue weighted by Gasteiger charge is -2.08. The molecule has 2 aromatic carbocycles. The molecule has 32 heavy (non-hydrogen) atoms. The van der Waals surface area contributed by atoms with Gasteiger partial charge in [0.15, 0.2) is 0 Å². The van der Waals surface area contributed by atoms with Crippen LogP contribution in [0.4, 0.5) is 15.9 Å². The molecule has 4 aromatic rings. The number of amides is 1. The SMILES string of the molecule is CSc1nn(CC(=O)Nc2ccc(Cl)cc2F)c(N)c1-c1nc(-c2ccc(C)cc2)no1. The fourth-order valence-electron chi connectivity index (χ4n) is 2.98. The summed E-state index contributed by atoms with van der Waals surface area (Å²) in [6.07, 6.45) is 1.82. The van der Waals surface area contributed by atoms with Crippen molar-refractivity contribution in [3.63, 3.8) is 0 Å². The Bertz CT molecular complexity index is 1290. The second-order valence-electron chi connectivity index (χ2n) is 6.89. The third-order valence-electron chi connectivity index (χ3n) is 4.60. The van der Waals surface area contributed by atoms with Crippen molar-refractivity contribution < 1.29 is 13.7 Å². The van der Waals surface area contributed by atoms with Crippen molar-refractivity contribution in [1.82, 2.24) is 19.9 Å². The fraction of sp³-hybridized carbons (Fsp3) is 0.143. The fourth-order valence-corrected chi connectivity index (χ4v) is 3.71. The highest BCUT2D eigenvalue weighted by Crippen LogP contribution is 2.35. The van der Waals surface area contributed by atoms with Crippen LogP contribution in [-0.4, -0.2) is 32.1 Å². The average molecular weight is 473 g/mol. The van der Waals surface area contributed by atoms with Gasteiger partial charge in [-0.05, 0) is 31.4 Å². The molecule has 11 heteroatoms. The molecule has 3 N–H and O–H groups in total. The molecule has 1 amide bonds. The van der Waals surface area contributed by atoms with Gasteiger partial charge in [-0.2, -0.15) is 10.1 Å². The van der Waals surface area contributed by atoms with E-state index in [2.05, 4.69) is 20.6 Å². The molecule has 8 nitrogen and oxygen atoms in total. The number of nitrogens with two attached hydrogens (primary N) is 1. The van der Waals surface area contributed by atoms with Crippen LogP contribution in [0, 0.1) is 12.7 Å². The third-order valence-corrected chi connectivity index (χ3v) is 5.51. The molecule has 0 atom stereocenters. The van der Waals surface area contributed by atoms with Gasteiger partial charge in [-0.25, -0.2) is 9.07 Å². The number of aryl methyl sites for hydroxylation is 1. The number of aromatic nitrogens is 4. The van der Waals surface area contributed by atoms with E-state index >= 15 is 0 Å². The van der Waals surface area contributed by atoms with E-state index in [1.54, 1.807) is 0 Å². The van der Waals surface area contributed by atoms with Crippen LogP contribution in [0.2, 0.25) is 5.02 Å². The molecule has 0 spiro atoms. The van der Waals surface area contributed by atoms with Gasteiger partial charge in [-0.3, -0.25) is 4.79 Å². The molecule has 0 saturated heterocycles. The predicted molar refractivity (Wildman–Crippen MR) is 122 cm³/mol. The number of carbonyl (C=O) groups is 1. The Morgan fingerprint density at radius 3 is 2.72 bits per heavy atom. The van der Waals surface area contributed by atoms with Gasteiger partial charge >= 0.3 is 0 Å². The van der Waals surface area contributed by atoms with Crippen LogP contribution in [0.1, 0.15) is 5.56 Å². The highest BCUT2D eigenvalue weighted by molar-refractivity contribution is 7.98. The maximum Gasteiger partial charge on any atom is 0.264 e. The van der Waals surface area contributed by atoms with Gasteiger partial charge in [0.05, 0.1) is 5.69 Å². The average Bonchev–Trinajstić information content (AvgIpc) is 3.35. The number of halogens is 2. The van der Waals surface area contributed by atoms with Gasteiger partial charge in [0, 0.05) is 10.6 Å². The molecule has 2 aromatic heterocycles. The number of rotatable bonds is 6. The van der Waals surface area contributed by atoms with Gasteiger partial charge in [-0.15, -0.1) is 11.8 Å². The molecule has 2 heterocycles. The van der Waals surface area contributed by atoms with Crippen molar-refractivity contribution in [3.05, 3.63) is 58.9 Å². The van der Waals surface area contributed by atoms with E-state index in [9.17, 15) is 9.18 Å². The number of anilines is 2. The minimum atomic E-state index is -0.640. The Hall–Kier alpha value is -3.37. The number of thioether (sulfide) groups is 1. The van der Waals surface area contributed by atoms with Crippen LogP contribution in [0.15, 0.2) is 52.0 Å². The Labute approximate surface area is 191 Å². The summed E-state index contributed by atoms with van der Waals surface area (Å²) >= 11 is 7.06. The van der Waals surface area contributed by atoms with E-state index in [0.717, 1.165) is 17.2 Å². The molecule has 0 saturated carbocycles. The topological polar surface area (TPSA) is 112 Å². The largest absolute Gasteiger partial charge is 0.383 e. The lowest BCUT2D eigenvalue weighted by atomic mass is 10.1. The monoisotopic (exact) mass is 472 g/mol. The quantitative estimate of drug-likeness (QED) is 0.393. The maximum absolute atomic E-state index is 14.0. The van der Waals surface area contributed by atoms with Gasteiger partial charge in [-0.1, -0.05) is 46.6 Å². The molecule has 0 radical (unpaired) electrons. The predicted octanol–water partition coefficient (Wildman–Crippen LogP) is 4.64. The Morgan fingerprint density at radius 2 is 2.03 bits per heavy atom. The van der Waals surface area contributed by atoms with Crippen molar-refractivity contribution in [2.75, 3.05) is 17.3 Å². The Morgan fingerprint density at radius 1 is 1.28 bits per heavy atom. The number of nitrogens with zero attached hydrogens (tertiary/aromatic N) is 4. The minimum Gasteiger partial charge on any atom is -0.383 e. The molecule has 0 fully saturated rings. The normalized spacial score (nSPS) is 11.0. The Balaban J connectivity index is 1.58. The summed E-state index contributed by atoms with van der Waals surface area (Å²) in [7, 11) is 0. The number of nitrogens with one attached hydrogen (secondary N) is 1. The molecule has 0 aliphatic carbocycles. The zero-order valence-electron chi connectivity index (χ0n) is 17.1. The van der Waals surface area contributed by atoms with Crippen molar-refractivity contribution in [2.24, 2.45) is 0 Å². The van der Waals surface area contributed by atoms with Crippen molar-refractivity contribution in [2.45, 2.75) is 18.5 Å². The highest BCUT2D eigenvalue weighted by atomic mass is 35.5. The van der Waals surface area contributed by atoms with Crippen LogP contribution >= 0.6 is 23.4 Å². The van der Waals surface area contributed by atoms with Crippen molar-refractivity contribution in [1.29, 1.82) is 0 Å². The number of nitrogen functional groups attached to an aromatic ring is 1. The second-order valence-corrected chi connectivity index (χ2v) is 8.12. The van der Waals surface area contributed by atoms with Crippen LogP contribution < -0.4 is 11.1 Å².